The van der Waals surface area contributed by atoms with Gasteiger partial charge in [-0.1, -0.05) is 6.07 Å². The molecule has 8 heteroatoms. The fourth-order valence-corrected chi connectivity index (χ4v) is 4.11. The number of fused-ring (bicyclic) bond motifs is 1. The van der Waals surface area contributed by atoms with Gasteiger partial charge in [-0.3, -0.25) is 4.79 Å². The molecule has 3 aromatic rings. The lowest BCUT2D eigenvalue weighted by molar-refractivity contribution is 0.102. The van der Waals surface area contributed by atoms with Crippen molar-refractivity contribution in [3.05, 3.63) is 71.4 Å². The van der Waals surface area contributed by atoms with Gasteiger partial charge in [-0.25, -0.2) is 13.4 Å². The fraction of sp³-hybridized carbons (Fsp3) is 0.250. The van der Waals surface area contributed by atoms with E-state index in [1.54, 1.807) is 36.5 Å². The first-order valence-electron chi connectivity index (χ1n) is 10.1. The van der Waals surface area contributed by atoms with Gasteiger partial charge < -0.3 is 14.8 Å². The van der Waals surface area contributed by atoms with E-state index in [1.807, 2.05) is 26.8 Å². The SMILES string of the molecule is Cc1ccc(NC(=O)c2cc(Oc3ccc(S(C)(=O)=O)cc3)c3c(c2)OC(C)(C)C3)nc1. The second-order valence-corrected chi connectivity index (χ2v) is 10.5. The Morgan fingerprint density at radius 3 is 2.47 bits per heavy atom. The van der Waals surface area contributed by atoms with Crippen LogP contribution >= 0.6 is 0 Å². The summed E-state index contributed by atoms with van der Waals surface area (Å²) in [5, 5.41) is 2.78. The van der Waals surface area contributed by atoms with E-state index in [-0.39, 0.29) is 10.8 Å². The van der Waals surface area contributed by atoms with Crippen molar-refractivity contribution in [3.8, 4) is 17.2 Å². The van der Waals surface area contributed by atoms with E-state index in [2.05, 4.69) is 10.3 Å². The minimum Gasteiger partial charge on any atom is -0.487 e. The zero-order valence-electron chi connectivity index (χ0n) is 18.3. The van der Waals surface area contributed by atoms with Gasteiger partial charge in [0, 0.05) is 30.0 Å². The normalized spacial score (nSPS) is 14.4. The number of ether oxygens (including phenoxy) is 2. The van der Waals surface area contributed by atoms with Crippen LogP contribution in [0.2, 0.25) is 0 Å². The van der Waals surface area contributed by atoms with Crippen LogP contribution in [0.1, 0.15) is 35.3 Å². The molecule has 2 aromatic carbocycles. The number of anilines is 1. The second-order valence-electron chi connectivity index (χ2n) is 8.51. The standard InChI is InChI=1S/C24H24N2O5S/c1-15-5-10-22(25-14-15)26-23(27)16-11-20(19-13-24(2,3)31-21(19)12-16)30-17-6-8-18(9-7-17)32(4,28)29/h5-12,14H,13H2,1-4H3,(H,25,26,27). The van der Waals surface area contributed by atoms with E-state index < -0.39 is 15.4 Å². The third-order valence-electron chi connectivity index (χ3n) is 5.05. The number of carbonyl (C=O) groups is 1. The smallest absolute Gasteiger partial charge is 0.257 e. The van der Waals surface area contributed by atoms with E-state index in [9.17, 15) is 13.2 Å². The molecule has 0 aliphatic carbocycles. The molecule has 32 heavy (non-hydrogen) atoms. The maximum Gasteiger partial charge on any atom is 0.257 e. The molecule has 1 amide bonds. The number of amides is 1. The Hall–Kier alpha value is -3.39. The lowest BCUT2D eigenvalue weighted by Gasteiger charge is -2.16. The number of pyridine rings is 1. The number of nitrogens with zero attached hydrogens (tertiary/aromatic N) is 1. The number of hydrogen-bond donors (Lipinski definition) is 1. The number of aryl methyl sites for hydroxylation is 1. The molecule has 0 bridgehead atoms. The summed E-state index contributed by atoms with van der Waals surface area (Å²) < 4.78 is 35.5. The van der Waals surface area contributed by atoms with Crippen LogP contribution in [0.25, 0.3) is 0 Å². The molecule has 1 N–H and O–H groups in total. The monoisotopic (exact) mass is 452 g/mol. The molecule has 0 spiro atoms. The van der Waals surface area contributed by atoms with E-state index in [0.29, 0.717) is 35.1 Å². The molecule has 0 atom stereocenters. The Labute approximate surface area is 187 Å². The van der Waals surface area contributed by atoms with Crippen LogP contribution in [0.5, 0.6) is 17.2 Å². The second kappa shape index (κ2) is 7.94. The maximum absolute atomic E-state index is 12.9. The molecule has 0 fully saturated rings. The first-order valence-corrected chi connectivity index (χ1v) is 12.0. The van der Waals surface area contributed by atoms with Crippen LogP contribution in [0.3, 0.4) is 0 Å². The summed E-state index contributed by atoms with van der Waals surface area (Å²) in [7, 11) is -3.30. The lowest BCUT2D eigenvalue weighted by atomic mass is 9.99. The minimum atomic E-state index is -3.30. The van der Waals surface area contributed by atoms with Crippen molar-refractivity contribution in [2.45, 2.75) is 37.7 Å². The number of aromatic nitrogens is 1. The summed E-state index contributed by atoms with van der Waals surface area (Å²) in [6.07, 6.45) is 3.44. The summed E-state index contributed by atoms with van der Waals surface area (Å²) in [5.74, 6) is 1.64. The number of rotatable bonds is 5. The molecule has 166 valence electrons. The van der Waals surface area contributed by atoms with E-state index >= 15 is 0 Å². The first kappa shape index (κ1) is 21.8. The quantitative estimate of drug-likeness (QED) is 0.610. The number of nitrogens with one attached hydrogen (secondary N) is 1. The average Bonchev–Trinajstić information content (AvgIpc) is 3.03. The van der Waals surface area contributed by atoms with Gasteiger partial charge in [0.2, 0.25) is 0 Å². The van der Waals surface area contributed by atoms with E-state index in [0.717, 1.165) is 17.4 Å². The predicted octanol–water partition coefficient (Wildman–Crippen LogP) is 4.55. The van der Waals surface area contributed by atoms with Gasteiger partial charge in [0.05, 0.1) is 4.90 Å². The number of carbonyl (C=O) groups excluding carboxylic acids is 1. The van der Waals surface area contributed by atoms with Crippen LogP contribution in [0, 0.1) is 6.92 Å². The molecular weight excluding hydrogens is 428 g/mol. The Morgan fingerprint density at radius 1 is 1.12 bits per heavy atom. The van der Waals surface area contributed by atoms with Crippen LogP contribution < -0.4 is 14.8 Å². The van der Waals surface area contributed by atoms with Crippen LogP contribution in [-0.4, -0.2) is 31.2 Å². The van der Waals surface area contributed by atoms with Crippen LogP contribution in [0.4, 0.5) is 5.82 Å². The Kier molecular flexibility index (Phi) is 5.42. The highest BCUT2D eigenvalue weighted by molar-refractivity contribution is 7.90. The van der Waals surface area contributed by atoms with Crippen molar-refractivity contribution in [2.24, 2.45) is 0 Å². The first-order chi connectivity index (χ1) is 15.0. The molecule has 7 nitrogen and oxygen atoms in total. The third-order valence-corrected chi connectivity index (χ3v) is 6.18. The Morgan fingerprint density at radius 2 is 1.84 bits per heavy atom. The Bertz CT molecular complexity index is 1280. The summed E-state index contributed by atoms with van der Waals surface area (Å²) in [6.45, 7) is 5.85. The van der Waals surface area contributed by atoms with Crippen molar-refractivity contribution >= 4 is 21.6 Å². The largest absolute Gasteiger partial charge is 0.487 e. The summed E-state index contributed by atoms with van der Waals surface area (Å²) in [6, 6.07) is 13.1. The molecule has 0 saturated heterocycles. The third kappa shape index (κ3) is 4.75. The van der Waals surface area contributed by atoms with E-state index in [4.69, 9.17) is 9.47 Å². The molecule has 1 aromatic heterocycles. The summed E-state index contributed by atoms with van der Waals surface area (Å²) in [4.78, 5) is 17.3. The molecule has 2 heterocycles. The van der Waals surface area contributed by atoms with Gasteiger partial charge in [0.1, 0.15) is 28.7 Å². The summed E-state index contributed by atoms with van der Waals surface area (Å²) >= 11 is 0. The molecule has 4 rings (SSSR count). The highest BCUT2D eigenvalue weighted by atomic mass is 32.2. The molecule has 0 unspecified atom stereocenters. The topological polar surface area (TPSA) is 94.6 Å². The lowest BCUT2D eigenvalue weighted by Crippen LogP contribution is -2.24. The predicted molar refractivity (Wildman–Crippen MR) is 121 cm³/mol. The number of benzene rings is 2. The van der Waals surface area contributed by atoms with Crippen molar-refractivity contribution in [1.29, 1.82) is 0 Å². The highest BCUT2D eigenvalue weighted by Crippen LogP contribution is 2.43. The number of sulfone groups is 1. The molecule has 0 saturated carbocycles. The van der Waals surface area contributed by atoms with Gasteiger partial charge in [-0.2, -0.15) is 0 Å². The minimum absolute atomic E-state index is 0.207. The zero-order valence-corrected chi connectivity index (χ0v) is 19.1. The molecule has 0 radical (unpaired) electrons. The van der Waals surface area contributed by atoms with Crippen molar-refractivity contribution in [1.82, 2.24) is 4.98 Å². The number of hydrogen-bond acceptors (Lipinski definition) is 6. The van der Waals surface area contributed by atoms with Gasteiger partial charge >= 0.3 is 0 Å². The fourth-order valence-electron chi connectivity index (χ4n) is 3.48. The van der Waals surface area contributed by atoms with Gasteiger partial charge in [-0.15, -0.1) is 0 Å². The van der Waals surface area contributed by atoms with Crippen LogP contribution in [-0.2, 0) is 16.3 Å². The van der Waals surface area contributed by atoms with Crippen molar-refractivity contribution < 1.29 is 22.7 Å². The average molecular weight is 453 g/mol. The maximum atomic E-state index is 12.9. The van der Waals surface area contributed by atoms with E-state index in [1.165, 1.54) is 12.1 Å². The van der Waals surface area contributed by atoms with Crippen molar-refractivity contribution in [2.75, 3.05) is 11.6 Å². The van der Waals surface area contributed by atoms with Gasteiger partial charge in [0.25, 0.3) is 5.91 Å². The summed E-state index contributed by atoms with van der Waals surface area (Å²) in [5.41, 5.74) is 1.78. The molecule has 1 aliphatic rings. The van der Waals surface area contributed by atoms with Crippen molar-refractivity contribution in [3.63, 3.8) is 0 Å². The van der Waals surface area contributed by atoms with Gasteiger partial charge in [-0.05, 0) is 68.8 Å². The van der Waals surface area contributed by atoms with Gasteiger partial charge in [0.15, 0.2) is 9.84 Å². The zero-order chi connectivity index (χ0) is 23.1. The Balaban J connectivity index is 1.66. The highest BCUT2D eigenvalue weighted by Gasteiger charge is 2.34. The molecular formula is C24H24N2O5S. The molecule has 1 aliphatic heterocycles. The van der Waals surface area contributed by atoms with Crippen LogP contribution in [0.15, 0.2) is 59.6 Å².